The van der Waals surface area contributed by atoms with Crippen molar-refractivity contribution in [3.63, 3.8) is 0 Å². The van der Waals surface area contributed by atoms with Crippen LogP contribution >= 0.6 is 11.8 Å². The Labute approximate surface area is 158 Å². The maximum Gasteiger partial charge on any atom is 0.164 e. The second-order valence-corrected chi connectivity index (χ2v) is 8.83. The van der Waals surface area contributed by atoms with Crippen molar-refractivity contribution < 1.29 is 4.74 Å². The molecule has 0 spiro atoms. The number of ether oxygens (including phenoxy) is 1. The topological polar surface area (TPSA) is 52.0 Å². The van der Waals surface area contributed by atoms with Gasteiger partial charge in [0, 0.05) is 40.8 Å². The van der Waals surface area contributed by atoms with Gasteiger partial charge in [-0.1, -0.05) is 18.2 Å². The molecule has 5 rings (SSSR count). The van der Waals surface area contributed by atoms with E-state index >= 15 is 0 Å². The summed E-state index contributed by atoms with van der Waals surface area (Å²) in [6, 6.07) is 7.18. The van der Waals surface area contributed by atoms with Gasteiger partial charge in [-0.15, -0.1) is 11.8 Å². The molecule has 26 heavy (non-hydrogen) atoms. The van der Waals surface area contributed by atoms with Crippen molar-refractivity contribution in [2.24, 2.45) is 5.92 Å². The first-order valence-corrected chi connectivity index (χ1v) is 10.3. The lowest BCUT2D eigenvalue weighted by molar-refractivity contribution is 0.305. The molecule has 0 bridgehead atoms. The predicted molar refractivity (Wildman–Crippen MR) is 104 cm³/mol. The molecule has 0 saturated carbocycles. The normalized spacial score (nSPS) is 25.1. The smallest absolute Gasteiger partial charge is 0.164 e. The summed E-state index contributed by atoms with van der Waals surface area (Å²) >= 11 is 1.92. The SMILES string of the molecule is CC(C)n1ncnc1C1=CC2CCOc3cc(C4CNC4)ccc3C2S1. The molecule has 2 aromatic rings. The lowest BCUT2D eigenvalue weighted by Crippen LogP contribution is -2.39. The first-order chi connectivity index (χ1) is 12.7. The van der Waals surface area contributed by atoms with Gasteiger partial charge in [0.2, 0.25) is 0 Å². The highest BCUT2D eigenvalue weighted by Crippen LogP contribution is 2.55. The highest BCUT2D eigenvalue weighted by atomic mass is 32.2. The molecule has 3 aliphatic rings. The van der Waals surface area contributed by atoms with Gasteiger partial charge in [-0.05, 0) is 37.8 Å². The van der Waals surface area contributed by atoms with Crippen molar-refractivity contribution in [2.75, 3.05) is 19.7 Å². The minimum absolute atomic E-state index is 0.314. The van der Waals surface area contributed by atoms with Crippen LogP contribution in [0.1, 0.15) is 54.4 Å². The number of fused-ring (bicyclic) bond motifs is 3. The van der Waals surface area contributed by atoms with E-state index in [-0.39, 0.29) is 0 Å². The van der Waals surface area contributed by atoms with Crippen LogP contribution < -0.4 is 10.1 Å². The number of hydrogen-bond donors (Lipinski definition) is 1. The number of rotatable bonds is 3. The molecule has 2 atom stereocenters. The van der Waals surface area contributed by atoms with Crippen LogP contribution in [-0.2, 0) is 0 Å². The van der Waals surface area contributed by atoms with Gasteiger partial charge in [0.25, 0.3) is 0 Å². The summed E-state index contributed by atoms with van der Waals surface area (Å²) in [4.78, 5) is 5.79. The molecule has 1 aromatic heterocycles. The number of nitrogens with one attached hydrogen (secondary N) is 1. The predicted octanol–water partition coefficient (Wildman–Crippen LogP) is 3.77. The average molecular weight is 369 g/mol. The van der Waals surface area contributed by atoms with Crippen molar-refractivity contribution in [1.29, 1.82) is 0 Å². The maximum absolute atomic E-state index is 6.14. The Balaban J connectivity index is 1.46. The van der Waals surface area contributed by atoms with Crippen LogP contribution in [-0.4, -0.2) is 34.5 Å². The van der Waals surface area contributed by atoms with Gasteiger partial charge in [-0.2, -0.15) is 5.10 Å². The first-order valence-electron chi connectivity index (χ1n) is 9.46. The third kappa shape index (κ3) is 2.67. The van der Waals surface area contributed by atoms with Crippen LogP contribution in [0.5, 0.6) is 5.75 Å². The van der Waals surface area contributed by atoms with Crippen LogP contribution in [0, 0.1) is 5.92 Å². The Morgan fingerprint density at radius 2 is 2.19 bits per heavy atom. The molecule has 3 aliphatic heterocycles. The fraction of sp³-hybridized carbons (Fsp3) is 0.500. The van der Waals surface area contributed by atoms with E-state index in [1.165, 1.54) is 16.0 Å². The van der Waals surface area contributed by atoms with E-state index in [4.69, 9.17) is 4.74 Å². The van der Waals surface area contributed by atoms with Crippen molar-refractivity contribution >= 4 is 16.7 Å². The molecule has 2 unspecified atom stereocenters. The lowest BCUT2D eigenvalue weighted by atomic mass is 9.90. The van der Waals surface area contributed by atoms with Gasteiger partial charge < -0.3 is 10.1 Å². The molecular formula is C20H24N4OS. The Morgan fingerprint density at radius 3 is 2.96 bits per heavy atom. The molecule has 6 heteroatoms. The monoisotopic (exact) mass is 368 g/mol. The Hall–Kier alpha value is -1.79. The van der Waals surface area contributed by atoms with Crippen LogP contribution in [0.4, 0.5) is 0 Å². The zero-order chi connectivity index (χ0) is 17.7. The van der Waals surface area contributed by atoms with E-state index in [0.717, 1.165) is 37.7 Å². The molecule has 1 fully saturated rings. The number of allylic oxidation sites excluding steroid dienone is 1. The molecule has 1 saturated heterocycles. The van der Waals surface area contributed by atoms with Crippen molar-refractivity contribution in [3.05, 3.63) is 47.6 Å². The Morgan fingerprint density at radius 1 is 1.31 bits per heavy atom. The third-order valence-corrected chi connectivity index (χ3v) is 7.03. The molecule has 0 radical (unpaired) electrons. The minimum Gasteiger partial charge on any atom is -0.493 e. The molecule has 1 aromatic carbocycles. The average Bonchev–Trinajstić information content (AvgIpc) is 3.17. The van der Waals surface area contributed by atoms with Gasteiger partial charge in [-0.3, -0.25) is 0 Å². The summed E-state index contributed by atoms with van der Waals surface area (Å²) in [7, 11) is 0. The molecule has 5 nitrogen and oxygen atoms in total. The zero-order valence-corrected chi connectivity index (χ0v) is 16.0. The fourth-order valence-corrected chi connectivity index (χ4v) is 5.49. The van der Waals surface area contributed by atoms with Gasteiger partial charge in [0.05, 0.1) is 6.61 Å². The summed E-state index contributed by atoms with van der Waals surface area (Å²) < 4.78 is 8.16. The van der Waals surface area contributed by atoms with E-state index in [0.29, 0.717) is 23.1 Å². The Bertz CT molecular complexity index is 855. The van der Waals surface area contributed by atoms with E-state index in [9.17, 15) is 0 Å². The number of hydrogen-bond acceptors (Lipinski definition) is 5. The fourth-order valence-electron chi connectivity index (χ4n) is 4.00. The molecule has 136 valence electrons. The molecule has 0 aliphatic carbocycles. The van der Waals surface area contributed by atoms with Crippen molar-refractivity contribution in [2.45, 2.75) is 37.5 Å². The standard InChI is InChI=1S/C20H24N4OS/c1-12(2)24-20(22-11-23-24)18-8-14-5-6-25-17-7-13(15-9-21-10-15)3-4-16(17)19(14)26-18/h3-4,7-8,11-12,14-15,19,21H,5-6,9-10H2,1-2H3. The number of thioether (sulfide) groups is 1. The third-order valence-electron chi connectivity index (χ3n) is 5.60. The second kappa shape index (κ2) is 6.43. The number of aromatic nitrogens is 3. The van der Waals surface area contributed by atoms with Crippen LogP contribution in [0.2, 0.25) is 0 Å². The second-order valence-electron chi connectivity index (χ2n) is 7.64. The maximum atomic E-state index is 6.14. The van der Waals surface area contributed by atoms with Crippen molar-refractivity contribution in [1.82, 2.24) is 20.1 Å². The molecule has 0 amide bonds. The number of benzene rings is 1. The van der Waals surface area contributed by atoms with E-state index in [2.05, 4.69) is 53.5 Å². The van der Waals surface area contributed by atoms with Crippen molar-refractivity contribution in [3.8, 4) is 5.75 Å². The van der Waals surface area contributed by atoms with Gasteiger partial charge in [0.1, 0.15) is 12.1 Å². The first kappa shape index (κ1) is 16.4. The molecule has 4 heterocycles. The number of nitrogens with zero attached hydrogens (tertiary/aromatic N) is 3. The van der Waals surface area contributed by atoms with Crippen LogP contribution in [0.15, 0.2) is 30.6 Å². The largest absolute Gasteiger partial charge is 0.493 e. The quantitative estimate of drug-likeness (QED) is 0.894. The van der Waals surface area contributed by atoms with E-state index < -0.39 is 0 Å². The van der Waals surface area contributed by atoms with Gasteiger partial charge in [-0.25, -0.2) is 9.67 Å². The lowest BCUT2D eigenvalue weighted by Gasteiger charge is -2.28. The van der Waals surface area contributed by atoms with Crippen LogP contribution in [0.3, 0.4) is 0 Å². The summed E-state index contributed by atoms with van der Waals surface area (Å²) in [5.41, 5.74) is 2.73. The highest BCUT2D eigenvalue weighted by molar-refractivity contribution is 8.08. The Kier molecular flexibility index (Phi) is 4.05. The van der Waals surface area contributed by atoms with Gasteiger partial charge >= 0.3 is 0 Å². The summed E-state index contributed by atoms with van der Waals surface area (Å²) in [5.74, 6) is 3.20. The van der Waals surface area contributed by atoms with E-state index in [1.54, 1.807) is 6.33 Å². The molecule has 1 N–H and O–H groups in total. The zero-order valence-electron chi connectivity index (χ0n) is 15.2. The summed E-state index contributed by atoms with van der Waals surface area (Å²) in [6.07, 6.45) is 5.10. The highest BCUT2D eigenvalue weighted by Gasteiger charge is 2.36. The van der Waals surface area contributed by atoms with E-state index in [1.807, 2.05) is 16.4 Å². The summed E-state index contributed by atoms with van der Waals surface area (Å²) in [5, 5.41) is 8.18. The van der Waals surface area contributed by atoms with Gasteiger partial charge in [0.15, 0.2) is 5.82 Å². The minimum atomic E-state index is 0.314. The molecular weight excluding hydrogens is 344 g/mol. The van der Waals surface area contributed by atoms with Crippen LogP contribution in [0.25, 0.3) is 4.91 Å². The summed E-state index contributed by atoms with van der Waals surface area (Å²) in [6.45, 7) is 7.24.